The van der Waals surface area contributed by atoms with Crippen LogP contribution in [0.15, 0.2) is 41.3 Å². The molecule has 0 aliphatic heterocycles. The first-order valence-corrected chi connectivity index (χ1v) is 7.29. The van der Waals surface area contributed by atoms with Crippen molar-refractivity contribution >= 4 is 28.9 Å². The first-order chi connectivity index (χ1) is 9.72. The molecule has 2 aromatic heterocycles. The van der Waals surface area contributed by atoms with E-state index in [1.54, 1.807) is 24.9 Å². The van der Waals surface area contributed by atoms with Gasteiger partial charge in [-0.05, 0) is 30.5 Å². The largest absolute Gasteiger partial charge is 0.481 e. The Morgan fingerprint density at radius 2 is 2.05 bits per heavy atom. The Kier molecular flexibility index (Phi) is 3.23. The number of ether oxygens (including phenoxy) is 1. The van der Waals surface area contributed by atoms with Gasteiger partial charge in [0.1, 0.15) is 5.52 Å². The normalized spacial score (nSPS) is 10.9. The van der Waals surface area contributed by atoms with E-state index >= 15 is 0 Å². The van der Waals surface area contributed by atoms with Gasteiger partial charge < -0.3 is 10.5 Å². The summed E-state index contributed by atoms with van der Waals surface area (Å²) in [5.41, 5.74) is 8.42. The number of benzene rings is 1. The van der Waals surface area contributed by atoms with Crippen LogP contribution in [0.5, 0.6) is 5.88 Å². The molecular weight excluding hydrogens is 272 g/mol. The number of imidazole rings is 1. The summed E-state index contributed by atoms with van der Waals surface area (Å²) in [5, 5.41) is 0. The molecular formula is C14H14N4OS. The van der Waals surface area contributed by atoms with Gasteiger partial charge in [0.2, 0.25) is 11.8 Å². The van der Waals surface area contributed by atoms with Crippen LogP contribution >= 0.6 is 11.8 Å². The molecule has 2 N–H and O–H groups in total. The van der Waals surface area contributed by atoms with Gasteiger partial charge in [-0.3, -0.25) is 4.57 Å². The van der Waals surface area contributed by atoms with Crippen LogP contribution in [0.4, 0.5) is 5.95 Å². The molecule has 0 atom stereocenters. The minimum atomic E-state index is 0.416. The van der Waals surface area contributed by atoms with Crippen molar-refractivity contribution < 1.29 is 4.74 Å². The quantitative estimate of drug-likeness (QED) is 0.750. The lowest BCUT2D eigenvalue weighted by Gasteiger charge is -2.07. The summed E-state index contributed by atoms with van der Waals surface area (Å²) in [7, 11) is 1.59. The van der Waals surface area contributed by atoms with Gasteiger partial charge in [0.25, 0.3) is 0 Å². The molecule has 0 bridgehead atoms. The number of methoxy groups -OCH3 is 1. The van der Waals surface area contributed by atoms with Gasteiger partial charge in [0, 0.05) is 11.0 Å². The Bertz CT molecular complexity index is 769. The SMILES string of the molecule is COc1ccc2nc(N)n(-c3cccc(SC)c3)c2n1. The molecule has 0 amide bonds. The lowest BCUT2D eigenvalue weighted by molar-refractivity contribution is 0.399. The third-order valence-corrected chi connectivity index (χ3v) is 3.75. The van der Waals surface area contributed by atoms with E-state index in [0.717, 1.165) is 16.1 Å². The number of fused-ring (bicyclic) bond motifs is 1. The van der Waals surface area contributed by atoms with Gasteiger partial charge in [-0.15, -0.1) is 11.8 Å². The molecule has 3 rings (SSSR count). The van der Waals surface area contributed by atoms with Crippen LogP contribution in [0.3, 0.4) is 0 Å². The number of nitrogen functional groups attached to an aromatic ring is 1. The van der Waals surface area contributed by atoms with Gasteiger partial charge in [-0.1, -0.05) is 6.07 Å². The van der Waals surface area contributed by atoms with E-state index in [1.807, 2.05) is 29.0 Å². The predicted octanol–water partition coefficient (Wildman–Crippen LogP) is 2.73. The zero-order chi connectivity index (χ0) is 14.1. The average Bonchev–Trinajstić information content (AvgIpc) is 2.82. The standard InChI is InChI=1S/C14H14N4OS/c1-19-12-7-6-11-13(17-12)18(14(15)16-11)9-4-3-5-10(8-9)20-2/h3-8H,1-2H3,(H2,15,16). The van der Waals surface area contributed by atoms with Crippen molar-refractivity contribution in [3.63, 3.8) is 0 Å². The molecule has 102 valence electrons. The van der Waals surface area contributed by atoms with E-state index in [-0.39, 0.29) is 0 Å². The minimum Gasteiger partial charge on any atom is -0.481 e. The second-order valence-corrected chi connectivity index (χ2v) is 5.08. The Hall–Kier alpha value is -2.21. The van der Waals surface area contributed by atoms with Crippen LogP contribution in [0.1, 0.15) is 0 Å². The van der Waals surface area contributed by atoms with Gasteiger partial charge in [0.05, 0.1) is 12.8 Å². The van der Waals surface area contributed by atoms with Crippen LogP contribution in [-0.2, 0) is 0 Å². The molecule has 0 unspecified atom stereocenters. The van der Waals surface area contributed by atoms with Crippen LogP contribution < -0.4 is 10.5 Å². The Labute approximate surface area is 120 Å². The fourth-order valence-corrected chi connectivity index (χ4v) is 2.53. The van der Waals surface area contributed by atoms with E-state index in [2.05, 4.69) is 22.1 Å². The third kappa shape index (κ3) is 2.08. The third-order valence-electron chi connectivity index (χ3n) is 3.03. The van der Waals surface area contributed by atoms with E-state index in [1.165, 1.54) is 0 Å². The number of rotatable bonds is 3. The number of thioether (sulfide) groups is 1. The van der Waals surface area contributed by atoms with E-state index < -0.39 is 0 Å². The van der Waals surface area contributed by atoms with Gasteiger partial charge in [-0.2, -0.15) is 4.98 Å². The molecule has 0 radical (unpaired) electrons. The fraction of sp³-hybridized carbons (Fsp3) is 0.143. The summed E-state index contributed by atoms with van der Waals surface area (Å²) in [5.74, 6) is 0.957. The molecule has 0 saturated heterocycles. The first kappa shape index (κ1) is 12.8. The summed E-state index contributed by atoms with van der Waals surface area (Å²) in [6.45, 7) is 0. The van der Waals surface area contributed by atoms with Crippen molar-refractivity contribution in [2.24, 2.45) is 0 Å². The lowest BCUT2D eigenvalue weighted by Crippen LogP contribution is -2.01. The summed E-state index contributed by atoms with van der Waals surface area (Å²) in [6, 6.07) is 11.7. The number of aromatic nitrogens is 3. The fourth-order valence-electron chi connectivity index (χ4n) is 2.08. The molecule has 0 saturated carbocycles. The number of anilines is 1. The van der Waals surface area contributed by atoms with Crippen LogP contribution in [0.25, 0.3) is 16.9 Å². The molecule has 0 aliphatic rings. The van der Waals surface area contributed by atoms with Crippen LogP contribution in [-0.4, -0.2) is 27.9 Å². The molecule has 0 spiro atoms. The monoisotopic (exact) mass is 286 g/mol. The topological polar surface area (TPSA) is 66.0 Å². The highest BCUT2D eigenvalue weighted by atomic mass is 32.2. The Morgan fingerprint density at radius 1 is 1.20 bits per heavy atom. The van der Waals surface area contributed by atoms with Gasteiger partial charge in [0.15, 0.2) is 5.65 Å². The van der Waals surface area contributed by atoms with E-state index in [4.69, 9.17) is 10.5 Å². The molecule has 0 aliphatic carbocycles. The summed E-state index contributed by atoms with van der Waals surface area (Å²) >= 11 is 1.68. The van der Waals surface area contributed by atoms with E-state index in [0.29, 0.717) is 17.5 Å². The first-order valence-electron chi connectivity index (χ1n) is 6.06. The minimum absolute atomic E-state index is 0.416. The molecule has 20 heavy (non-hydrogen) atoms. The highest BCUT2D eigenvalue weighted by Crippen LogP contribution is 2.26. The maximum Gasteiger partial charge on any atom is 0.215 e. The number of pyridine rings is 1. The van der Waals surface area contributed by atoms with Crippen molar-refractivity contribution in [2.75, 3.05) is 19.1 Å². The smallest absolute Gasteiger partial charge is 0.215 e. The zero-order valence-electron chi connectivity index (χ0n) is 11.2. The Balaban J connectivity index is 2.25. The Morgan fingerprint density at radius 3 is 2.80 bits per heavy atom. The van der Waals surface area contributed by atoms with Gasteiger partial charge >= 0.3 is 0 Å². The second-order valence-electron chi connectivity index (χ2n) is 4.20. The average molecular weight is 286 g/mol. The number of nitrogens with zero attached hydrogens (tertiary/aromatic N) is 3. The van der Waals surface area contributed by atoms with Gasteiger partial charge in [-0.25, -0.2) is 4.98 Å². The zero-order valence-corrected chi connectivity index (χ0v) is 12.0. The lowest BCUT2D eigenvalue weighted by atomic mass is 10.3. The van der Waals surface area contributed by atoms with E-state index in [9.17, 15) is 0 Å². The van der Waals surface area contributed by atoms with Crippen molar-refractivity contribution in [1.82, 2.24) is 14.5 Å². The maximum absolute atomic E-state index is 6.03. The molecule has 5 nitrogen and oxygen atoms in total. The number of nitrogens with two attached hydrogens (primary N) is 1. The van der Waals surface area contributed by atoms with Crippen molar-refractivity contribution in [2.45, 2.75) is 4.90 Å². The molecule has 0 fully saturated rings. The van der Waals surface area contributed by atoms with Crippen LogP contribution in [0, 0.1) is 0 Å². The summed E-state index contributed by atoms with van der Waals surface area (Å²) in [6.07, 6.45) is 2.04. The molecule has 2 heterocycles. The van der Waals surface area contributed by atoms with Crippen LogP contribution in [0.2, 0.25) is 0 Å². The van der Waals surface area contributed by atoms with Crippen molar-refractivity contribution in [3.8, 4) is 11.6 Å². The second kappa shape index (κ2) is 5.05. The van der Waals surface area contributed by atoms with Crippen molar-refractivity contribution in [1.29, 1.82) is 0 Å². The number of hydrogen-bond donors (Lipinski definition) is 1. The highest BCUT2D eigenvalue weighted by molar-refractivity contribution is 7.98. The van der Waals surface area contributed by atoms with Crippen molar-refractivity contribution in [3.05, 3.63) is 36.4 Å². The number of hydrogen-bond acceptors (Lipinski definition) is 5. The highest BCUT2D eigenvalue weighted by Gasteiger charge is 2.12. The molecule has 1 aromatic carbocycles. The predicted molar refractivity (Wildman–Crippen MR) is 81.6 cm³/mol. The molecule has 3 aromatic rings. The summed E-state index contributed by atoms with van der Waals surface area (Å²) < 4.78 is 7.00. The summed E-state index contributed by atoms with van der Waals surface area (Å²) in [4.78, 5) is 9.93. The molecule has 6 heteroatoms. The maximum atomic E-state index is 6.03.